The molecule has 1 radical (unpaired) electrons. The van der Waals surface area contributed by atoms with E-state index >= 15 is 0 Å². The van der Waals surface area contributed by atoms with Crippen molar-refractivity contribution < 1.29 is 5.02 Å². The lowest BCUT2D eigenvalue weighted by Gasteiger charge is -2.30. The maximum Gasteiger partial charge on any atom is 0.393 e. The first kappa shape index (κ1) is 10.0. The van der Waals surface area contributed by atoms with Crippen LogP contribution in [0.5, 0.6) is 0 Å². The first-order chi connectivity index (χ1) is 5.64. The van der Waals surface area contributed by atoms with Crippen molar-refractivity contribution in [3.63, 3.8) is 0 Å². The van der Waals surface area contributed by atoms with Crippen LogP contribution >= 0.6 is 0 Å². The molecule has 0 unspecified atom stereocenters. The third-order valence-corrected chi connectivity index (χ3v) is 2.27. The summed E-state index contributed by atoms with van der Waals surface area (Å²) in [5, 5.41) is 11.6. The smallest absolute Gasteiger partial charge is 0.393 e. The first-order valence-electron chi connectivity index (χ1n) is 4.60. The van der Waals surface area contributed by atoms with Crippen molar-refractivity contribution in [2.75, 3.05) is 19.6 Å². The van der Waals surface area contributed by atoms with Crippen LogP contribution in [0.25, 0.3) is 0 Å². The first-order valence-corrected chi connectivity index (χ1v) is 4.60. The van der Waals surface area contributed by atoms with Crippen LogP contribution in [0, 0.1) is 0 Å². The lowest BCUT2D eigenvalue weighted by atomic mass is 10.0. The summed E-state index contributed by atoms with van der Waals surface area (Å²) in [6.45, 7) is 7.60. The topological polar surface area (TPSA) is 35.5 Å². The maximum absolute atomic E-state index is 8.62. The average molecular weight is 169 g/mol. The Labute approximate surface area is 75.4 Å². The van der Waals surface area contributed by atoms with Crippen LogP contribution in [-0.4, -0.2) is 42.7 Å². The van der Waals surface area contributed by atoms with E-state index in [1.165, 1.54) is 25.9 Å². The van der Waals surface area contributed by atoms with Gasteiger partial charge in [-0.05, 0) is 39.8 Å². The minimum absolute atomic E-state index is 0.0148. The van der Waals surface area contributed by atoms with E-state index in [0.717, 1.165) is 14.2 Å². The molecule has 1 aliphatic heterocycles. The molecule has 0 amide bonds. The highest BCUT2D eigenvalue weighted by atomic mass is 16.2. The molecular formula is C8H18BN2O. The second kappa shape index (κ2) is 4.26. The molecule has 0 saturated carbocycles. The van der Waals surface area contributed by atoms with Gasteiger partial charge in [0.2, 0.25) is 0 Å². The summed E-state index contributed by atoms with van der Waals surface area (Å²) in [5.41, 5.74) is -0.0148. The lowest BCUT2D eigenvalue weighted by molar-refractivity contribution is 0.254. The van der Waals surface area contributed by atoms with E-state index in [9.17, 15) is 0 Å². The zero-order valence-corrected chi connectivity index (χ0v) is 8.01. The molecule has 1 saturated heterocycles. The van der Waals surface area contributed by atoms with Crippen LogP contribution in [0.15, 0.2) is 0 Å². The van der Waals surface area contributed by atoms with E-state index in [0.29, 0.717) is 0 Å². The Hall–Kier alpha value is -0.0551. The summed E-state index contributed by atoms with van der Waals surface area (Å²) in [6, 6.07) is 0. The third kappa shape index (κ3) is 3.13. The molecule has 2 N–H and O–H groups in total. The molecule has 3 nitrogen and oxygen atoms in total. The van der Waals surface area contributed by atoms with Gasteiger partial charge in [0.05, 0.1) is 0 Å². The molecule has 1 rings (SSSR count). The van der Waals surface area contributed by atoms with Gasteiger partial charge in [0.25, 0.3) is 0 Å². The molecule has 0 atom stereocenters. The summed E-state index contributed by atoms with van der Waals surface area (Å²) < 4.78 is 0. The van der Waals surface area contributed by atoms with E-state index in [-0.39, 0.29) is 5.54 Å². The Bertz CT molecular complexity index is 135. The average Bonchev–Trinajstić information content (AvgIpc) is 2.38. The zero-order valence-electron chi connectivity index (χ0n) is 8.01. The number of hydrogen-bond acceptors (Lipinski definition) is 3. The van der Waals surface area contributed by atoms with Crippen LogP contribution in [0.2, 0.25) is 0 Å². The fourth-order valence-corrected chi connectivity index (χ4v) is 1.72. The summed E-state index contributed by atoms with van der Waals surface area (Å²) in [5.74, 6) is 0. The standard InChI is InChI=1S/C8H18BN2O/c1-8(2,10-9-12)7-11-5-3-4-6-11/h10,12H,3-7H2,1-2H3. The second-order valence-corrected chi connectivity index (χ2v) is 4.14. The Morgan fingerprint density at radius 3 is 2.50 bits per heavy atom. The molecule has 1 fully saturated rings. The van der Waals surface area contributed by atoms with E-state index in [1.807, 2.05) is 0 Å². The summed E-state index contributed by atoms with van der Waals surface area (Å²) >= 11 is 0. The largest absolute Gasteiger partial charge is 0.440 e. The van der Waals surface area contributed by atoms with Gasteiger partial charge in [-0.2, -0.15) is 0 Å². The quantitative estimate of drug-likeness (QED) is 0.580. The van der Waals surface area contributed by atoms with Crippen LogP contribution in [0.4, 0.5) is 0 Å². The van der Waals surface area contributed by atoms with Gasteiger partial charge in [0, 0.05) is 12.1 Å². The minimum atomic E-state index is -0.0148. The molecule has 4 heteroatoms. The van der Waals surface area contributed by atoms with E-state index in [1.54, 1.807) is 0 Å². The molecule has 12 heavy (non-hydrogen) atoms. The van der Waals surface area contributed by atoms with Crippen LogP contribution in [0.3, 0.4) is 0 Å². The van der Waals surface area contributed by atoms with E-state index in [4.69, 9.17) is 5.02 Å². The highest BCUT2D eigenvalue weighted by Crippen LogP contribution is 2.12. The predicted molar refractivity (Wildman–Crippen MR) is 50.9 cm³/mol. The van der Waals surface area contributed by atoms with Crippen LogP contribution in [-0.2, 0) is 0 Å². The fourth-order valence-electron chi connectivity index (χ4n) is 1.72. The number of hydrogen-bond donors (Lipinski definition) is 2. The van der Waals surface area contributed by atoms with Gasteiger partial charge in [-0.1, -0.05) is 0 Å². The maximum atomic E-state index is 8.62. The summed E-state index contributed by atoms with van der Waals surface area (Å²) in [4.78, 5) is 2.43. The van der Waals surface area contributed by atoms with Gasteiger partial charge in [0.1, 0.15) is 0 Å². The number of likely N-dealkylation sites (tertiary alicyclic amines) is 1. The van der Waals surface area contributed by atoms with Crippen molar-refractivity contribution in [2.45, 2.75) is 32.2 Å². The van der Waals surface area contributed by atoms with E-state index < -0.39 is 0 Å². The van der Waals surface area contributed by atoms with Crippen molar-refractivity contribution in [1.29, 1.82) is 0 Å². The van der Waals surface area contributed by atoms with Gasteiger partial charge in [-0.15, -0.1) is 0 Å². The monoisotopic (exact) mass is 169 g/mol. The predicted octanol–water partition coefficient (Wildman–Crippen LogP) is -0.0231. The molecule has 69 valence electrons. The molecule has 1 aliphatic rings. The molecule has 0 spiro atoms. The Morgan fingerprint density at radius 1 is 1.42 bits per heavy atom. The minimum Gasteiger partial charge on any atom is -0.440 e. The molecule has 0 aromatic carbocycles. The SMILES string of the molecule is CC(C)(CN1CCCC1)N[B]O. The summed E-state index contributed by atoms with van der Waals surface area (Å²) in [6.07, 6.45) is 2.64. The van der Waals surface area contributed by atoms with Gasteiger partial charge in [0.15, 0.2) is 0 Å². The second-order valence-electron chi connectivity index (χ2n) is 4.14. The third-order valence-electron chi connectivity index (χ3n) is 2.27. The van der Waals surface area contributed by atoms with Crippen molar-refractivity contribution in [3.05, 3.63) is 0 Å². The zero-order chi connectivity index (χ0) is 9.03. The molecule has 1 heterocycles. The molecule has 0 bridgehead atoms. The van der Waals surface area contributed by atoms with Gasteiger partial charge in [-0.25, -0.2) is 0 Å². The van der Waals surface area contributed by atoms with Crippen molar-refractivity contribution in [1.82, 2.24) is 10.1 Å². The Balaban J connectivity index is 2.27. The highest BCUT2D eigenvalue weighted by molar-refractivity contribution is 6.21. The number of nitrogens with one attached hydrogen (secondary N) is 1. The van der Waals surface area contributed by atoms with E-state index in [2.05, 4.69) is 24.0 Å². The molecule has 0 aliphatic carbocycles. The highest BCUT2D eigenvalue weighted by Gasteiger charge is 2.22. The Morgan fingerprint density at radius 2 is 2.00 bits per heavy atom. The van der Waals surface area contributed by atoms with Crippen molar-refractivity contribution >= 4 is 7.62 Å². The summed E-state index contributed by atoms with van der Waals surface area (Å²) in [7, 11) is 1.04. The fraction of sp³-hybridized carbons (Fsp3) is 1.00. The molecular weight excluding hydrogens is 151 g/mol. The normalized spacial score (nSPS) is 19.9. The number of nitrogens with zero attached hydrogens (tertiary/aromatic N) is 1. The molecule has 0 aromatic heterocycles. The molecule has 0 aromatic rings. The van der Waals surface area contributed by atoms with Gasteiger partial charge in [-0.3, -0.25) is 0 Å². The van der Waals surface area contributed by atoms with Crippen LogP contribution in [0.1, 0.15) is 26.7 Å². The van der Waals surface area contributed by atoms with Crippen molar-refractivity contribution in [3.8, 4) is 0 Å². The van der Waals surface area contributed by atoms with Gasteiger partial charge >= 0.3 is 7.62 Å². The van der Waals surface area contributed by atoms with Crippen molar-refractivity contribution in [2.24, 2.45) is 0 Å². The van der Waals surface area contributed by atoms with Gasteiger partial charge < -0.3 is 15.2 Å². The lowest BCUT2D eigenvalue weighted by Crippen LogP contribution is -2.49. The van der Waals surface area contributed by atoms with Crippen LogP contribution < -0.4 is 5.23 Å². The Kier molecular flexibility index (Phi) is 3.56. The number of rotatable bonds is 4.